The van der Waals surface area contributed by atoms with Crippen molar-refractivity contribution in [2.45, 2.75) is 89.4 Å². The van der Waals surface area contributed by atoms with Gasteiger partial charge in [-0.05, 0) is 89.0 Å². The van der Waals surface area contributed by atoms with Crippen molar-refractivity contribution in [1.82, 2.24) is 41.2 Å². The van der Waals surface area contributed by atoms with Gasteiger partial charge in [-0.2, -0.15) is 0 Å². The zero-order valence-electron chi connectivity index (χ0n) is 36.4. The predicted molar refractivity (Wildman–Crippen MR) is 238 cm³/mol. The van der Waals surface area contributed by atoms with Crippen LogP contribution in [-0.4, -0.2) is 83.5 Å². The number of hydrogen-bond donors (Lipinski definition) is 6. The molecule has 3 heterocycles. The van der Waals surface area contributed by atoms with Crippen LogP contribution in [0.5, 0.6) is 0 Å². The molecule has 8 rings (SSSR count). The summed E-state index contributed by atoms with van der Waals surface area (Å²) in [5.74, 6) is 1.71. The summed E-state index contributed by atoms with van der Waals surface area (Å²) < 4.78 is 15.1. The topological polar surface area (TPSA) is 201 Å². The van der Waals surface area contributed by atoms with Crippen LogP contribution >= 0.6 is 0 Å². The Hall–Kier alpha value is -6.22. The van der Waals surface area contributed by atoms with Crippen LogP contribution in [0.4, 0.5) is 9.59 Å². The van der Waals surface area contributed by atoms with Crippen LogP contribution in [0, 0.1) is 23.7 Å². The van der Waals surface area contributed by atoms with Crippen molar-refractivity contribution < 1.29 is 33.4 Å². The summed E-state index contributed by atoms with van der Waals surface area (Å²) in [6.45, 7) is 4.86. The maximum absolute atomic E-state index is 13.8. The van der Waals surface area contributed by atoms with Crippen molar-refractivity contribution in [3.05, 3.63) is 84.7 Å². The first-order valence-corrected chi connectivity index (χ1v) is 22.2. The summed E-state index contributed by atoms with van der Waals surface area (Å²) in [7, 11) is 2.58. The van der Waals surface area contributed by atoms with Crippen LogP contribution in [0.3, 0.4) is 0 Å². The van der Waals surface area contributed by atoms with E-state index in [0.29, 0.717) is 49.5 Å². The monoisotopic (exact) mass is 858 g/mol. The Morgan fingerprint density at radius 2 is 1.13 bits per heavy atom. The van der Waals surface area contributed by atoms with Crippen LogP contribution in [0.25, 0.3) is 44.4 Å². The first kappa shape index (κ1) is 43.4. The lowest BCUT2D eigenvalue weighted by Crippen LogP contribution is -2.52. The molecule has 2 saturated carbocycles. The molecular formula is C48H58N8O7. The summed E-state index contributed by atoms with van der Waals surface area (Å²) in [5, 5.41) is 14.0. The lowest BCUT2D eigenvalue weighted by atomic mass is 9.91. The van der Waals surface area contributed by atoms with E-state index >= 15 is 0 Å². The maximum Gasteiger partial charge on any atom is 0.407 e. The van der Waals surface area contributed by atoms with Crippen molar-refractivity contribution in [2.24, 2.45) is 23.7 Å². The molecule has 6 N–H and O–H groups in total. The molecule has 15 nitrogen and oxygen atoms in total. The van der Waals surface area contributed by atoms with Gasteiger partial charge in [0.05, 0.1) is 50.1 Å². The summed E-state index contributed by atoms with van der Waals surface area (Å²) in [6.07, 6.45) is 9.72. The first-order valence-electron chi connectivity index (χ1n) is 22.2. The van der Waals surface area contributed by atoms with Crippen molar-refractivity contribution in [3.8, 4) is 33.6 Å². The number of aromatic nitrogens is 4. The van der Waals surface area contributed by atoms with Gasteiger partial charge in [-0.3, -0.25) is 9.59 Å². The Bertz CT molecular complexity index is 2400. The van der Waals surface area contributed by atoms with E-state index in [4.69, 9.17) is 24.2 Å². The molecule has 15 heteroatoms. The molecule has 4 atom stereocenters. The average molecular weight is 859 g/mol. The molecule has 3 aliphatic rings. The van der Waals surface area contributed by atoms with Crippen LogP contribution in [0.15, 0.2) is 73.1 Å². The van der Waals surface area contributed by atoms with Gasteiger partial charge in [0.15, 0.2) is 0 Å². The smallest absolute Gasteiger partial charge is 0.407 e. The molecular weight excluding hydrogens is 801 g/mol. The Labute approximate surface area is 367 Å². The Balaban J connectivity index is 0.939. The molecule has 3 aromatic carbocycles. The van der Waals surface area contributed by atoms with Gasteiger partial charge in [0.1, 0.15) is 23.7 Å². The number of carbonyl (C=O) groups excluding carboxylic acids is 4. The predicted octanol–water partition coefficient (Wildman–Crippen LogP) is 7.73. The lowest BCUT2D eigenvalue weighted by molar-refractivity contribution is -0.126. The van der Waals surface area contributed by atoms with Crippen molar-refractivity contribution in [2.75, 3.05) is 27.4 Å². The minimum absolute atomic E-state index is 0.0536. The molecule has 2 aromatic heterocycles. The standard InChI is InChI=1S/C48H58N8O7/c1-27(2)41(55-47(59)61-3)45(57)53-37(21-28-5-6-28)43-49-25-39(51-43)31-11-9-30(10-12-31)33-13-14-35-24-36(16-15-34(35)23-33)40-26-50-44(52-40)38(22-29-7-8-29)54-46(58)42(56-48(60)62-4)32-17-19-63-20-18-32/h9-16,23-29,32,37-38,41-42H,5-8,17-22H2,1-4H3,(H,49,51)(H,50,52)(H,53,57)(H,54,58)(H,55,59)(H,56,60)/t37-,38-,41-,42-/m0/s1. The van der Waals surface area contributed by atoms with Crippen LogP contribution in [0.2, 0.25) is 0 Å². The van der Waals surface area contributed by atoms with E-state index in [0.717, 1.165) is 82.9 Å². The van der Waals surface area contributed by atoms with E-state index in [1.54, 1.807) is 6.20 Å². The Morgan fingerprint density at radius 1 is 0.635 bits per heavy atom. The van der Waals surface area contributed by atoms with E-state index in [1.165, 1.54) is 14.2 Å². The number of amides is 4. The number of ether oxygens (including phenoxy) is 3. The third-order valence-electron chi connectivity index (χ3n) is 12.6. The van der Waals surface area contributed by atoms with Crippen LogP contribution < -0.4 is 21.3 Å². The van der Waals surface area contributed by atoms with Gasteiger partial charge in [-0.25, -0.2) is 19.6 Å². The van der Waals surface area contributed by atoms with Gasteiger partial charge in [0.2, 0.25) is 11.8 Å². The molecule has 5 aromatic rings. The largest absolute Gasteiger partial charge is 0.453 e. The number of aromatic amines is 2. The van der Waals surface area contributed by atoms with E-state index in [-0.39, 0.29) is 35.7 Å². The first-order chi connectivity index (χ1) is 30.5. The molecule has 0 spiro atoms. The highest BCUT2D eigenvalue weighted by Crippen LogP contribution is 2.39. The fourth-order valence-corrected chi connectivity index (χ4v) is 8.48. The van der Waals surface area contributed by atoms with Crippen molar-refractivity contribution in [1.29, 1.82) is 0 Å². The highest BCUT2D eigenvalue weighted by atomic mass is 16.5. The van der Waals surface area contributed by atoms with Crippen LogP contribution in [0.1, 0.15) is 88.9 Å². The average Bonchev–Trinajstić information content (AvgIpc) is 4.20. The lowest BCUT2D eigenvalue weighted by Gasteiger charge is -2.30. The van der Waals surface area contributed by atoms with Gasteiger partial charge >= 0.3 is 12.2 Å². The number of imidazole rings is 2. The van der Waals surface area contributed by atoms with Crippen LogP contribution in [-0.2, 0) is 23.8 Å². The highest BCUT2D eigenvalue weighted by molar-refractivity contribution is 5.91. The number of rotatable bonds is 17. The van der Waals surface area contributed by atoms with E-state index in [9.17, 15) is 19.2 Å². The number of fused-ring (bicyclic) bond motifs is 1. The fraction of sp³-hybridized carbons (Fsp3) is 0.458. The third-order valence-corrected chi connectivity index (χ3v) is 12.6. The number of carbonyl (C=O) groups is 4. The van der Waals surface area contributed by atoms with E-state index in [2.05, 4.69) is 91.9 Å². The highest BCUT2D eigenvalue weighted by Gasteiger charge is 2.36. The van der Waals surface area contributed by atoms with E-state index in [1.807, 2.05) is 20.0 Å². The normalized spacial score (nSPS) is 17.3. The Kier molecular flexibility index (Phi) is 13.4. The van der Waals surface area contributed by atoms with Gasteiger partial charge in [-0.15, -0.1) is 0 Å². The summed E-state index contributed by atoms with van der Waals surface area (Å²) in [4.78, 5) is 67.7. The van der Waals surface area contributed by atoms with E-state index < -0.39 is 24.3 Å². The van der Waals surface area contributed by atoms with Gasteiger partial charge in [0.25, 0.3) is 0 Å². The zero-order valence-corrected chi connectivity index (χ0v) is 36.4. The van der Waals surface area contributed by atoms with Gasteiger partial charge in [-0.1, -0.05) is 88.1 Å². The summed E-state index contributed by atoms with van der Waals surface area (Å²) in [6, 6.07) is 19.0. The van der Waals surface area contributed by atoms with Gasteiger partial charge < -0.3 is 45.4 Å². The molecule has 1 aliphatic heterocycles. The minimum Gasteiger partial charge on any atom is -0.453 e. The molecule has 0 unspecified atom stereocenters. The maximum atomic E-state index is 13.8. The summed E-state index contributed by atoms with van der Waals surface area (Å²) >= 11 is 0. The number of methoxy groups -OCH3 is 2. The molecule has 3 fully saturated rings. The fourth-order valence-electron chi connectivity index (χ4n) is 8.48. The molecule has 332 valence electrons. The second-order valence-electron chi connectivity index (χ2n) is 17.6. The number of alkyl carbamates (subject to hydrolysis) is 2. The molecule has 0 radical (unpaired) electrons. The van der Waals surface area contributed by atoms with Gasteiger partial charge in [0, 0.05) is 18.8 Å². The molecule has 0 bridgehead atoms. The third kappa shape index (κ3) is 10.9. The number of nitrogens with one attached hydrogen (secondary N) is 6. The quantitative estimate of drug-likeness (QED) is 0.0541. The zero-order chi connectivity index (χ0) is 44.0. The molecule has 1 saturated heterocycles. The second kappa shape index (κ2) is 19.4. The SMILES string of the molecule is COC(=O)N[C@H](C(=O)N[C@@H](CC1CC1)c1ncc(-c2ccc(-c3ccc4cc(-c5cnc([C@H](CC6CC6)NC(=O)[C@@H](NC(=O)OC)C6CCOCC6)[nH]5)ccc4c3)cc2)[nH]1)C(C)C. The Morgan fingerprint density at radius 3 is 1.68 bits per heavy atom. The number of nitrogens with zero attached hydrogens (tertiary/aromatic N) is 2. The van der Waals surface area contributed by atoms with Crippen molar-refractivity contribution >= 4 is 34.8 Å². The number of H-pyrrole nitrogens is 2. The van der Waals surface area contributed by atoms with Crippen molar-refractivity contribution in [3.63, 3.8) is 0 Å². The molecule has 63 heavy (non-hydrogen) atoms. The second-order valence-corrected chi connectivity index (χ2v) is 17.6. The molecule has 4 amide bonds. The molecule has 2 aliphatic carbocycles. The minimum atomic E-state index is -0.735. The number of hydrogen-bond acceptors (Lipinski definition) is 9. The summed E-state index contributed by atoms with van der Waals surface area (Å²) in [5.41, 5.74) is 5.82. The number of benzene rings is 3.